The van der Waals surface area contributed by atoms with E-state index in [1.165, 1.54) is 27.2 Å². The Balaban J connectivity index is 0.00000225. The highest BCUT2D eigenvalue weighted by molar-refractivity contribution is 8.01. The van der Waals surface area contributed by atoms with Crippen molar-refractivity contribution in [1.29, 1.82) is 0 Å². The number of imidazole rings is 1. The van der Waals surface area contributed by atoms with Crippen molar-refractivity contribution in [1.82, 2.24) is 9.97 Å². The first kappa shape index (κ1) is 20.5. The van der Waals surface area contributed by atoms with Crippen molar-refractivity contribution in [2.24, 2.45) is 0 Å². The van der Waals surface area contributed by atoms with Crippen LogP contribution < -0.4 is 38.5 Å². The minimum absolute atomic E-state index is 0. The maximum atomic E-state index is 4.90. The van der Waals surface area contributed by atoms with Crippen LogP contribution in [0.3, 0.4) is 0 Å². The summed E-state index contributed by atoms with van der Waals surface area (Å²) in [5.74, 6) is 0. The zero-order chi connectivity index (χ0) is 18.7. The van der Waals surface area contributed by atoms with Gasteiger partial charge in [-0.25, -0.2) is 4.98 Å². The van der Waals surface area contributed by atoms with Gasteiger partial charge in [0, 0.05) is 5.69 Å². The van der Waals surface area contributed by atoms with Gasteiger partial charge in [-0.2, -0.15) is 0 Å². The van der Waals surface area contributed by atoms with E-state index in [2.05, 4.69) is 104 Å². The molecular formula is C24H24BrN2P. The molecule has 1 heterocycles. The Kier molecular flexibility index (Phi) is 6.49. The Morgan fingerprint density at radius 1 is 0.750 bits per heavy atom. The molecule has 4 rings (SSSR count). The summed E-state index contributed by atoms with van der Waals surface area (Å²) in [6.45, 7) is 4.30. The summed E-state index contributed by atoms with van der Waals surface area (Å²) in [7, 11) is -2.08. The molecule has 0 fully saturated rings. The van der Waals surface area contributed by atoms with Crippen molar-refractivity contribution in [3.8, 4) is 0 Å². The summed E-state index contributed by atoms with van der Waals surface area (Å²) in [5, 5.41) is 3.96. The number of nitrogens with one attached hydrogen (secondary N) is 1. The van der Waals surface area contributed by atoms with Gasteiger partial charge in [0.25, 0.3) is 5.57 Å². The Morgan fingerprint density at radius 3 is 1.71 bits per heavy atom. The molecular weight excluding hydrogens is 427 g/mol. The number of halogens is 1. The van der Waals surface area contributed by atoms with Gasteiger partial charge in [0.1, 0.15) is 15.9 Å². The maximum absolute atomic E-state index is 4.90. The van der Waals surface area contributed by atoms with Gasteiger partial charge in [0.2, 0.25) is 0 Å². The van der Waals surface area contributed by atoms with Crippen molar-refractivity contribution in [2.45, 2.75) is 20.3 Å². The van der Waals surface area contributed by atoms with Crippen LogP contribution in [0, 0.1) is 6.92 Å². The van der Waals surface area contributed by atoms with Crippen LogP contribution in [0.15, 0.2) is 91.1 Å². The summed E-state index contributed by atoms with van der Waals surface area (Å²) >= 11 is 0. The van der Waals surface area contributed by atoms with E-state index in [4.69, 9.17) is 4.98 Å². The normalized spacial score (nSPS) is 11.1. The number of hydrogen-bond donors (Lipinski definition) is 1. The summed E-state index contributed by atoms with van der Waals surface area (Å²) in [6.07, 6.45) is 2.94. The van der Waals surface area contributed by atoms with E-state index < -0.39 is 7.26 Å². The SMILES string of the molecule is CCc1cnc([P+](c2ccccc2)(c2ccccc2)c2ccc(C)cc2)[nH]1.[Br-]. The highest BCUT2D eigenvalue weighted by atomic mass is 79.9. The summed E-state index contributed by atoms with van der Waals surface area (Å²) < 4.78 is 0. The molecule has 0 amide bonds. The molecule has 1 aromatic heterocycles. The van der Waals surface area contributed by atoms with Gasteiger partial charge >= 0.3 is 0 Å². The number of benzene rings is 3. The molecule has 1 N–H and O–H groups in total. The molecule has 0 aliphatic carbocycles. The molecule has 2 nitrogen and oxygen atoms in total. The average molecular weight is 451 g/mol. The van der Waals surface area contributed by atoms with Crippen LogP contribution in [0.5, 0.6) is 0 Å². The molecule has 0 saturated heterocycles. The number of nitrogens with zero attached hydrogens (tertiary/aromatic N) is 1. The minimum Gasteiger partial charge on any atom is -1.00 e. The van der Waals surface area contributed by atoms with E-state index in [1.54, 1.807) is 0 Å². The van der Waals surface area contributed by atoms with E-state index in [1.807, 2.05) is 6.20 Å². The zero-order valence-corrected chi connectivity index (χ0v) is 18.6. The predicted octanol–water partition coefficient (Wildman–Crippen LogP) is 0.904. The molecule has 0 unspecified atom stereocenters. The van der Waals surface area contributed by atoms with Gasteiger partial charge < -0.3 is 22.0 Å². The Bertz CT molecular complexity index is 972. The first-order chi connectivity index (χ1) is 13.2. The summed E-state index contributed by atoms with van der Waals surface area (Å²) in [6, 6.07) is 30.6. The fourth-order valence-corrected chi connectivity index (χ4v) is 7.59. The Hall–Kier alpha value is -2.22. The van der Waals surface area contributed by atoms with Crippen molar-refractivity contribution in [3.05, 3.63) is 102 Å². The van der Waals surface area contributed by atoms with Crippen LogP contribution in [0.2, 0.25) is 0 Å². The molecule has 0 spiro atoms. The van der Waals surface area contributed by atoms with E-state index in [-0.39, 0.29) is 17.0 Å². The molecule has 3 aromatic carbocycles. The third kappa shape index (κ3) is 3.57. The number of aryl methyl sites for hydroxylation is 2. The lowest BCUT2D eigenvalue weighted by Crippen LogP contribution is -3.00. The number of H-pyrrole nitrogens is 1. The molecule has 0 aliphatic rings. The second-order valence-corrected chi connectivity index (χ2v) is 10.1. The molecule has 28 heavy (non-hydrogen) atoms. The van der Waals surface area contributed by atoms with Gasteiger partial charge in [-0.05, 0) is 49.7 Å². The van der Waals surface area contributed by atoms with Crippen molar-refractivity contribution in [2.75, 3.05) is 0 Å². The molecule has 0 radical (unpaired) electrons. The quantitative estimate of drug-likeness (QED) is 0.449. The van der Waals surface area contributed by atoms with Crippen LogP contribution >= 0.6 is 7.26 Å². The predicted molar refractivity (Wildman–Crippen MR) is 117 cm³/mol. The summed E-state index contributed by atoms with van der Waals surface area (Å²) in [4.78, 5) is 8.56. The molecule has 4 heteroatoms. The first-order valence-corrected chi connectivity index (χ1v) is 11.2. The van der Waals surface area contributed by atoms with Gasteiger partial charge in [0.05, 0.1) is 6.20 Å². The third-order valence-corrected chi connectivity index (χ3v) is 9.10. The highest BCUT2D eigenvalue weighted by Gasteiger charge is 2.50. The first-order valence-electron chi connectivity index (χ1n) is 9.37. The minimum atomic E-state index is -2.08. The Labute approximate surface area is 178 Å². The fourth-order valence-electron chi connectivity index (χ4n) is 3.58. The van der Waals surface area contributed by atoms with Gasteiger partial charge in [-0.1, -0.05) is 61.0 Å². The van der Waals surface area contributed by atoms with Crippen molar-refractivity contribution >= 4 is 28.7 Å². The lowest BCUT2D eigenvalue weighted by atomic mass is 10.2. The van der Waals surface area contributed by atoms with Crippen molar-refractivity contribution < 1.29 is 17.0 Å². The largest absolute Gasteiger partial charge is 1.00 e. The molecule has 4 aromatic rings. The molecule has 0 bridgehead atoms. The topological polar surface area (TPSA) is 28.7 Å². The average Bonchev–Trinajstić information content (AvgIpc) is 3.21. The maximum Gasteiger partial charge on any atom is 0.270 e. The second kappa shape index (κ2) is 8.86. The Morgan fingerprint density at radius 2 is 1.25 bits per heavy atom. The van der Waals surface area contributed by atoms with E-state index >= 15 is 0 Å². The van der Waals surface area contributed by atoms with Gasteiger partial charge in [-0.15, -0.1) is 0 Å². The van der Waals surface area contributed by atoms with Crippen LogP contribution in [0.1, 0.15) is 18.2 Å². The molecule has 0 saturated carbocycles. The fraction of sp³-hybridized carbons (Fsp3) is 0.125. The zero-order valence-electron chi connectivity index (χ0n) is 16.1. The summed E-state index contributed by atoms with van der Waals surface area (Å²) in [5.41, 5.74) is 3.51. The van der Waals surface area contributed by atoms with Crippen LogP contribution in [0.25, 0.3) is 0 Å². The number of aromatic amines is 1. The van der Waals surface area contributed by atoms with Crippen molar-refractivity contribution in [3.63, 3.8) is 0 Å². The van der Waals surface area contributed by atoms with E-state index in [0.29, 0.717) is 0 Å². The highest BCUT2D eigenvalue weighted by Crippen LogP contribution is 2.53. The molecule has 0 aliphatic heterocycles. The van der Waals surface area contributed by atoms with Crippen LogP contribution in [-0.4, -0.2) is 9.97 Å². The lowest BCUT2D eigenvalue weighted by molar-refractivity contribution is -0.00000550. The molecule has 142 valence electrons. The van der Waals surface area contributed by atoms with E-state index in [9.17, 15) is 0 Å². The number of rotatable bonds is 5. The lowest BCUT2D eigenvalue weighted by Gasteiger charge is -2.25. The monoisotopic (exact) mass is 450 g/mol. The standard InChI is InChI=1S/C24H24N2P.BrH/c1-3-20-18-25-24(26-20)27(21-10-6-4-7-11-21,22-12-8-5-9-13-22)23-16-14-19(2)15-17-23;/h4-18H,3H2,1-2H3,(H,25,26);1H/q+1;/p-1. The van der Waals surface area contributed by atoms with Gasteiger partial charge in [-0.3, -0.25) is 0 Å². The third-order valence-electron chi connectivity index (χ3n) is 5.02. The van der Waals surface area contributed by atoms with E-state index in [0.717, 1.165) is 12.0 Å². The second-order valence-electron chi connectivity index (χ2n) is 6.76. The molecule has 0 atom stereocenters. The van der Waals surface area contributed by atoms with Crippen LogP contribution in [-0.2, 0) is 6.42 Å². The van der Waals surface area contributed by atoms with Crippen LogP contribution in [0.4, 0.5) is 0 Å². The smallest absolute Gasteiger partial charge is 0.270 e. The number of hydrogen-bond acceptors (Lipinski definition) is 1. The van der Waals surface area contributed by atoms with Gasteiger partial charge in [0.15, 0.2) is 7.26 Å². The number of aromatic nitrogens is 2.